The lowest BCUT2D eigenvalue weighted by atomic mass is 10.2. The lowest BCUT2D eigenvalue weighted by molar-refractivity contribution is -0.119. The van der Waals surface area contributed by atoms with Gasteiger partial charge in [0.25, 0.3) is 0 Å². The van der Waals surface area contributed by atoms with Crippen molar-refractivity contribution in [3.8, 4) is 0 Å². The molecule has 3 N–H and O–H groups in total. The third kappa shape index (κ3) is 4.52. The summed E-state index contributed by atoms with van der Waals surface area (Å²) >= 11 is 0. The predicted octanol–water partition coefficient (Wildman–Crippen LogP) is 0.461. The lowest BCUT2D eigenvalue weighted by Crippen LogP contribution is -2.46. The minimum absolute atomic E-state index is 0.00958. The molecule has 1 aliphatic rings. The third-order valence-corrected chi connectivity index (χ3v) is 2.73. The van der Waals surface area contributed by atoms with Crippen LogP contribution in [0.1, 0.15) is 33.6 Å². The number of ether oxygens (including phenoxy) is 1. The van der Waals surface area contributed by atoms with Gasteiger partial charge in [0, 0.05) is 13.1 Å². The summed E-state index contributed by atoms with van der Waals surface area (Å²) in [6.07, 6.45) is 1.50. The van der Waals surface area contributed by atoms with Crippen molar-refractivity contribution in [3.63, 3.8) is 0 Å². The monoisotopic (exact) mass is 257 g/mol. The standard InChI is InChI=1S/C12H23N3O3/c1-12(2,3)18-11(17)15-6-4-5-9(15)8-14-10(16)7-13/h9H,4-8,13H2,1-3H3,(H,14,16). The zero-order chi connectivity index (χ0) is 13.8. The van der Waals surface area contributed by atoms with Crippen LogP contribution in [0.2, 0.25) is 0 Å². The van der Waals surface area contributed by atoms with Crippen LogP contribution in [0, 0.1) is 0 Å². The number of nitrogens with two attached hydrogens (primary N) is 1. The van der Waals surface area contributed by atoms with Gasteiger partial charge in [-0.3, -0.25) is 4.79 Å². The van der Waals surface area contributed by atoms with Crippen molar-refractivity contribution in [2.45, 2.75) is 45.3 Å². The number of likely N-dealkylation sites (tertiary alicyclic amines) is 1. The van der Waals surface area contributed by atoms with Gasteiger partial charge in [-0.25, -0.2) is 4.79 Å². The zero-order valence-electron chi connectivity index (χ0n) is 11.4. The number of carbonyl (C=O) groups is 2. The molecule has 18 heavy (non-hydrogen) atoms. The fourth-order valence-electron chi connectivity index (χ4n) is 1.91. The molecule has 1 unspecified atom stereocenters. The van der Waals surface area contributed by atoms with Gasteiger partial charge in [-0.15, -0.1) is 0 Å². The maximum absolute atomic E-state index is 12.0. The maximum Gasteiger partial charge on any atom is 0.410 e. The number of nitrogens with one attached hydrogen (secondary N) is 1. The van der Waals surface area contributed by atoms with E-state index in [0.717, 1.165) is 12.8 Å². The predicted molar refractivity (Wildman–Crippen MR) is 68.0 cm³/mol. The van der Waals surface area contributed by atoms with Crippen LogP contribution in [0.15, 0.2) is 0 Å². The molecule has 1 rings (SSSR count). The van der Waals surface area contributed by atoms with Gasteiger partial charge in [-0.05, 0) is 33.6 Å². The summed E-state index contributed by atoms with van der Waals surface area (Å²) in [5.41, 5.74) is 4.72. The van der Waals surface area contributed by atoms with E-state index >= 15 is 0 Å². The van der Waals surface area contributed by atoms with Crippen molar-refractivity contribution in [2.24, 2.45) is 5.73 Å². The SMILES string of the molecule is CC(C)(C)OC(=O)N1CCCC1CNC(=O)CN. The fourth-order valence-corrected chi connectivity index (χ4v) is 1.91. The van der Waals surface area contributed by atoms with E-state index in [1.807, 2.05) is 20.8 Å². The molecular formula is C12H23N3O3. The topological polar surface area (TPSA) is 84.7 Å². The van der Waals surface area contributed by atoms with E-state index in [9.17, 15) is 9.59 Å². The normalized spacial score (nSPS) is 19.8. The molecule has 0 aromatic heterocycles. The molecule has 2 amide bonds. The first-order valence-corrected chi connectivity index (χ1v) is 6.30. The Labute approximate surface area is 108 Å². The summed E-state index contributed by atoms with van der Waals surface area (Å²) in [6.45, 7) is 6.61. The van der Waals surface area contributed by atoms with Gasteiger partial charge in [-0.1, -0.05) is 0 Å². The highest BCUT2D eigenvalue weighted by Gasteiger charge is 2.32. The summed E-state index contributed by atoms with van der Waals surface area (Å²) in [5, 5.41) is 2.71. The number of amides is 2. The van der Waals surface area contributed by atoms with Crippen molar-refractivity contribution in [1.82, 2.24) is 10.2 Å². The highest BCUT2D eigenvalue weighted by atomic mass is 16.6. The Morgan fingerprint density at radius 2 is 2.11 bits per heavy atom. The number of hydrogen-bond donors (Lipinski definition) is 2. The van der Waals surface area contributed by atoms with Gasteiger partial charge in [0.2, 0.25) is 5.91 Å². The van der Waals surface area contributed by atoms with Crippen LogP contribution in [0.3, 0.4) is 0 Å². The minimum atomic E-state index is -0.495. The van der Waals surface area contributed by atoms with Gasteiger partial charge in [-0.2, -0.15) is 0 Å². The average Bonchev–Trinajstić information content (AvgIpc) is 2.71. The molecule has 0 aromatic rings. The highest BCUT2D eigenvalue weighted by molar-refractivity contribution is 5.77. The van der Waals surface area contributed by atoms with Gasteiger partial charge in [0.05, 0.1) is 12.6 Å². The Morgan fingerprint density at radius 3 is 2.67 bits per heavy atom. The molecule has 0 spiro atoms. The second kappa shape index (κ2) is 6.04. The number of rotatable bonds is 3. The molecule has 0 aliphatic carbocycles. The number of carbonyl (C=O) groups excluding carboxylic acids is 2. The first kappa shape index (κ1) is 14.8. The molecule has 0 bridgehead atoms. The molecule has 1 fully saturated rings. The van der Waals surface area contributed by atoms with Crippen molar-refractivity contribution in [2.75, 3.05) is 19.6 Å². The van der Waals surface area contributed by atoms with Gasteiger partial charge >= 0.3 is 6.09 Å². The molecule has 104 valence electrons. The Balaban J connectivity index is 2.49. The van der Waals surface area contributed by atoms with Crippen LogP contribution in [-0.2, 0) is 9.53 Å². The Bertz CT molecular complexity index is 312. The molecule has 6 nitrogen and oxygen atoms in total. The van der Waals surface area contributed by atoms with E-state index in [1.54, 1.807) is 4.90 Å². The second-order valence-electron chi connectivity index (χ2n) is 5.48. The molecule has 0 aromatic carbocycles. The summed E-state index contributed by atoms with van der Waals surface area (Å²) in [4.78, 5) is 24.7. The summed E-state index contributed by atoms with van der Waals surface area (Å²) in [7, 11) is 0. The molecular weight excluding hydrogens is 234 g/mol. The van der Waals surface area contributed by atoms with Crippen LogP contribution >= 0.6 is 0 Å². The first-order valence-electron chi connectivity index (χ1n) is 6.30. The Hall–Kier alpha value is -1.30. The van der Waals surface area contributed by atoms with Crippen molar-refractivity contribution in [1.29, 1.82) is 0 Å². The molecule has 1 saturated heterocycles. The molecule has 1 atom stereocenters. The Morgan fingerprint density at radius 1 is 1.44 bits per heavy atom. The van der Waals surface area contributed by atoms with Crippen molar-refractivity contribution in [3.05, 3.63) is 0 Å². The molecule has 0 saturated carbocycles. The van der Waals surface area contributed by atoms with Gasteiger partial charge in [0.15, 0.2) is 0 Å². The minimum Gasteiger partial charge on any atom is -0.444 e. The van der Waals surface area contributed by atoms with E-state index in [0.29, 0.717) is 13.1 Å². The van der Waals surface area contributed by atoms with E-state index < -0.39 is 5.60 Å². The average molecular weight is 257 g/mol. The smallest absolute Gasteiger partial charge is 0.410 e. The quantitative estimate of drug-likeness (QED) is 0.769. The lowest BCUT2D eigenvalue weighted by Gasteiger charge is -2.28. The zero-order valence-corrected chi connectivity index (χ0v) is 11.4. The van der Waals surface area contributed by atoms with Crippen LogP contribution in [-0.4, -0.2) is 48.2 Å². The van der Waals surface area contributed by atoms with Crippen LogP contribution in [0.4, 0.5) is 4.79 Å². The van der Waals surface area contributed by atoms with Gasteiger partial charge < -0.3 is 20.7 Å². The van der Waals surface area contributed by atoms with E-state index in [-0.39, 0.29) is 24.6 Å². The number of nitrogens with zero attached hydrogens (tertiary/aromatic N) is 1. The molecule has 6 heteroatoms. The maximum atomic E-state index is 12.0. The first-order chi connectivity index (χ1) is 8.33. The van der Waals surface area contributed by atoms with Crippen LogP contribution in [0.25, 0.3) is 0 Å². The van der Waals surface area contributed by atoms with Crippen LogP contribution < -0.4 is 11.1 Å². The van der Waals surface area contributed by atoms with Crippen molar-refractivity contribution >= 4 is 12.0 Å². The second-order valence-corrected chi connectivity index (χ2v) is 5.48. The van der Waals surface area contributed by atoms with Crippen LogP contribution in [0.5, 0.6) is 0 Å². The fraction of sp³-hybridized carbons (Fsp3) is 0.833. The van der Waals surface area contributed by atoms with E-state index in [1.165, 1.54) is 0 Å². The molecule has 1 aliphatic heterocycles. The Kier molecular flexibility index (Phi) is 4.95. The largest absolute Gasteiger partial charge is 0.444 e. The van der Waals surface area contributed by atoms with Crippen molar-refractivity contribution < 1.29 is 14.3 Å². The highest BCUT2D eigenvalue weighted by Crippen LogP contribution is 2.20. The molecule has 1 heterocycles. The summed E-state index contributed by atoms with van der Waals surface area (Å²) in [5.74, 6) is -0.203. The summed E-state index contributed by atoms with van der Waals surface area (Å²) < 4.78 is 5.33. The molecule has 0 radical (unpaired) electrons. The van der Waals surface area contributed by atoms with E-state index in [4.69, 9.17) is 10.5 Å². The summed E-state index contributed by atoms with van der Waals surface area (Å²) in [6, 6.07) is 0.00958. The van der Waals surface area contributed by atoms with Gasteiger partial charge in [0.1, 0.15) is 5.60 Å². The van der Waals surface area contributed by atoms with E-state index in [2.05, 4.69) is 5.32 Å². The number of hydrogen-bond acceptors (Lipinski definition) is 4. The third-order valence-electron chi connectivity index (χ3n) is 2.73.